The smallest absolute Gasteiger partial charge is 0.123 e. The van der Waals surface area contributed by atoms with Gasteiger partial charge in [0, 0.05) is 23.2 Å². The van der Waals surface area contributed by atoms with Crippen LogP contribution in [0, 0.1) is 0 Å². The van der Waals surface area contributed by atoms with Crippen LogP contribution in [-0.4, -0.2) is 24.9 Å². The first-order valence-electron chi connectivity index (χ1n) is 6.93. The van der Waals surface area contributed by atoms with Crippen molar-refractivity contribution in [3.63, 3.8) is 0 Å². The average molecular weight is 306 g/mol. The summed E-state index contributed by atoms with van der Waals surface area (Å²) < 4.78 is 5.32. The number of methoxy groups -OCH3 is 1. The Morgan fingerprint density at radius 3 is 2.62 bits per heavy atom. The first kappa shape index (κ1) is 15.8. The normalized spacial score (nSPS) is 12.1. The van der Waals surface area contributed by atoms with Gasteiger partial charge in [0.05, 0.1) is 13.7 Å². The third-order valence-corrected chi connectivity index (χ3v) is 3.60. The van der Waals surface area contributed by atoms with Crippen LogP contribution in [0.2, 0.25) is 5.02 Å². The molecule has 0 spiro atoms. The summed E-state index contributed by atoms with van der Waals surface area (Å²) in [5.41, 5.74) is 2.18. The summed E-state index contributed by atoms with van der Waals surface area (Å²) in [4.78, 5) is 0. The molecule has 0 heterocycles. The monoisotopic (exact) mass is 305 g/mol. The minimum absolute atomic E-state index is 0.00362. The molecule has 0 aliphatic rings. The summed E-state index contributed by atoms with van der Waals surface area (Å²) in [5, 5.41) is 13.6. The van der Waals surface area contributed by atoms with E-state index in [2.05, 4.69) is 17.4 Å². The second-order valence-electron chi connectivity index (χ2n) is 4.91. The molecular weight excluding hydrogens is 286 g/mol. The molecule has 1 atom stereocenters. The standard InChI is InChI=1S/C17H20ClNO2/c1-21-17-8-7-15(18)10-14(17)11-19-16(12-20)9-13-5-3-2-4-6-13/h2-8,10,16,19-20H,9,11-12H2,1H3. The third-order valence-electron chi connectivity index (χ3n) is 3.37. The second-order valence-corrected chi connectivity index (χ2v) is 5.34. The van der Waals surface area contributed by atoms with Crippen molar-refractivity contribution in [1.82, 2.24) is 5.32 Å². The zero-order valence-corrected chi connectivity index (χ0v) is 12.8. The van der Waals surface area contributed by atoms with Gasteiger partial charge in [0.2, 0.25) is 0 Å². The van der Waals surface area contributed by atoms with E-state index < -0.39 is 0 Å². The lowest BCUT2D eigenvalue weighted by molar-refractivity contribution is 0.240. The largest absolute Gasteiger partial charge is 0.496 e. The summed E-state index contributed by atoms with van der Waals surface area (Å²) in [6.07, 6.45) is 0.778. The summed E-state index contributed by atoms with van der Waals surface area (Å²) in [6, 6.07) is 15.6. The lowest BCUT2D eigenvalue weighted by atomic mass is 10.1. The number of halogens is 1. The Balaban J connectivity index is 1.98. The molecule has 4 heteroatoms. The molecule has 112 valence electrons. The van der Waals surface area contributed by atoms with Crippen LogP contribution >= 0.6 is 11.6 Å². The van der Waals surface area contributed by atoms with Gasteiger partial charge < -0.3 is 15.2 Å². The summed E-state index contributed by atoms with van der Waals surface area (Å²) in [5.74, 6) is 0.795. The molecule has 0 radical (unpaired) electrons. The lowest BCUT2D eigenvalue weighted by Crippen LogP contribution is -2.34. The van der Waals surface area contributed by atoms with Crippen molar-refractivity contribution in [3.05, 3.63) is 64.7 Å². The predicted octanol–water partition coefficient (Wildman–Crippen LogP) is 3.04. The Kier molecular flexibility index (Phi) is 6.05. The Hall–Kier alpha value is -1.55. The molecule has 0 aromatic heterocycles. The van der Waals surface area contributed by atoms with Crippen LogP contribution in [0.5, 0.6) is 5.75 Å². The molecule has 0 aliphatic carbocycles. The Labute approximate surface area is 130 Å². The van der Waals surface area contributed by atoms with Gasteiger partial charge in [-0.25, -0.2) is 0 Å². The number of ether oxygens (including phenoxy) is 1. The number of nitrogens with one attached hydrogen (secondary N) is 1. The minimum Gasteiger partial charge on any atom is -0.496 e. The van der Waals surface area contributed by atoms with E-state index in [1.54, 1.807) is 13.2 Å². The van der Waals surface area contributed by atoms with Crippen LogP contribution in [0.15, 0.2) is 48.5 Å². The van der Waals surface area contributed by atoms with E-state index in [9.17, 15) is 5.11 Å². The van der Waals surface area contributed by atoms with Crippen LogP contribution in [0.25, 0.3) is 0 Å². The SMILES string of the molecule is COc1ccc(Cl)cc1CNC(CO)Cc1ccccc1. The van der Waals surface area contributed by atoms with Crippen molar-refractivity contribution in [2.75, 3.05) is 13.7 Å². The second kappa shape index (κ2) is 8.03. The average Bonchev–Trinajstić information content (AvgIpc) is 2.52. The molecule has 0 saturated heterocycles. The third kappa shape index (κ3) is 4.74. The van der Waals surface area contributed by atoms with Gasteiger partial charge in [0.1, 0.15) is 5.75 Å². The number of benzene rings is 2. The predicted molar refractivity (Wildman–Crippen MR) is 85.9 cm³/mol. The van der Waals surface area contributed by atoms with Crippen molar-refractivity contribution in [3.8, 4) is 5.75 Å². The van der Waals surface area contributed by atoms with Gasteiger partial charge in [0.15, 0.2) is 0 Å². The van der Waals surface area contributed by atoms with E-state index >= 15 is 0 Å². The maximum absolute atomic E-state index is 9.53. The molecule has 0 fully saturated rings. The van der Waals surface area contributed by atoms with Gasteiger partial charge in [-0.1, -0.05) is 41.9 Å². The topological polar surface area (TPSA) is 41.5 Å². The zero-order valence-electron chi connectivity index (χ0n) is 12.1. The first-order valence-corrected chi connectivity index (χ1v) is 7.31. The quantitative estimate of drug-likeness (QED) is 0.826. The van der Waals surface area contributed by atoms with Crippen LogP contribution in [-0.2, 0) is 13.0 Å². The fourth-order valence-corrected chi connectivity index (χ4v) is 2.43. The van der Waals surface area contributed by atoms with Crippen LogP contribution in [0.4, 0.5) is 0 Å². The Morgan fingerprint density at radius 2 is 1.95 bits per heavy atom. The highest BCUT2D eigenvalue weighted by Gasteiger charge is 2.10. The Morgan fingerprint density at radius 1 is 1.19 bits per heavy atom. The van der Waals surface area contributed by atoms with Gasteiger partial charge in [-0.2, -0.15) is 0 Å². The highest BCUT2D eigenvalue weighted by molar-refractivity contribution is 6.30. The minimum atomic E-state index is -0.00362. The molecule has 0 saturated carbocycles. The van der Waals surface area contributed by atoms with Gasteiger partial charge >= 0.3 is 0 Å². The number of aliphatic hydroxyl groups excluding tert-OH is 1. The molecular formula is C17H20ClNO2. The molecule has 1 unspecified atom stereocenters. The summed E-state index contributed by atoms with van der Waals surface area (Å²) >= 11 is 6.02. The Bertz CT molecular complexity index is 560. The van der Waals surface area contributed by atoms with Crippen molar-refractivity contribution in [2.45, 2.75) is 19.0 Å². The molecule has 2 aromatic rings. The van der Waals surface area contributed by atoms with Crippen LogP contribution < -0.4 is 10.1 Å². The van der Waals surface area contributed by atoms with Gasteiger partial charge in [-0.3, -0.25) is 0 Å². The summed E-state index contributed by atoms with van der Waals surface area (Å²) in [6.45, 7) is 0.680. The first-order chi connectivity index (χ1) is 10.2. The molecule has 0 amide bonds. The molecule has 0 aliphatic heterocycles. The molecule has 21 heavy (non-hydrogen) atoms. The van der Waals surface area contributed by atoms with Crippen molar-refractivity contribution >= 4 is 11.6 Å². The van der Waals surface area contributed by atoms with Gasteiger partial charge in [-0.05, 0) is 30.2 Å². The van der Waals surface area contributed by atoms with Crippen molar-refractivity contribution in [1.29, 1.82) is 0 Å². The number of hydrogen-bond acceptors (Lipinski definition) is 3. The van der Waals surface area contributed by atoms with Crippen molar-refractivity contribution in [2.24, 2.45) is 0 Å². The number of rotatable bonds is 7. The van der Waals surface area contributed by atoms with E-state index in [1.165, 1.54) is 5.56 Å². The van der Waals surface area contributed by atoms with E-state index in [-0.39, 0.29) is 12.6 Å². The fourth-order valence-electron chi connectivity index (χ4n) is 2.24. The zero-order chi connectivity index (χ0) is 15.1. The van der Waals surface area contributed by atoms with E-state index in [0.29, 0.717) is 11.6 Å². The van der Waals surface area contributed by atoms with Gasteiger partial charge in [-0.15, -0.1) is 0 Å². The number of hydrogen-bond donors (Lipinski definition) is 2. The molecule has 3 nitrogen and oxygen atoms in total. The van der Waals surface area contributed by atoms with Crippen LogP contribution in [0.3, 0.4) is 0 Å². The molecule has 2 rings (SSSR count). The summed E-state index contributed by atoms with van der Waals surface area (Å²) in [7, 11) is 1.64. The van der Waals surface area contributed by atoms with Gasteiger partial charge in [0.25, 0.3) is 0 Å². The number of aliphatic hydroxyl groups is 1. The van der Waals surface area contributed by atoms with E-state index in [1.807, 2.05) is 30.3 Å². The fraction of sp³-hybridized carbons (Fsp3) is 0.294. The lowest BCUT2D eigenvalue weighted by Gasteiger charge is -2.17. The van der Waals surface area contributed by atoms with E-state index in [0.717, 1.165) is 17.7 Å². The maximum Gasteiger partial charge on any atom is 0.123 e. The maximum atomic E-state index is 9.53. The van der Waals surface area contributed by atoms with E-state index in [4.69, 9.17) is 16.3 Å². The van der Waals surface area contributed by atoms with Crippen LogP contribution in [0.1, 0.15) is 11.1 Å². The molecule has 2 aromatic carbocycles. The van der Waals surface area contributed by atoms with Crippen molar-refractivity contribution < 1.29 is 9.84 Å². The molecule has 2 N–H and O–H groups in total. The molecule has 0 bridgehead atoms. The highest BCUT2D eigenvalue weighted by atomic mass is 35.5. The highest BCUT2D eigenvalue weighted by Crippen LogP contribution is 2.22.